The summed E-state index contributed by atoms with van der Waals surface area (Å²) < 4.78 is 14.2. The second-order valence-electron chi connectivity index (χ2n) is 5.84. The third-order valence-corrected chi connectivity index (χ3v) is 5.20. The lowest BCUT2D eigenvalue weighted by Gasteiger charge is -2.37. The van der Waals surface area contributed by atoms with Gasteiger partial charge in [0.1, 0.15) is 5.82 Å². The number of rotatable bonds is 3. The predicted molar refractivity (Wildman–Crippen MR) is 87.5 cm³/mol. The third-order valence-electron chi connectivity index (χ3n) is 4.21. The molecule has 0 amide bonds. The summed E-state index contributed by atoms with van der Waals surface area (Å²) in [4.78, 5) is 3.78. The van der Waals surface area contributed by atoms with Gasteiger partial charge in [-0.25, -0.2) is 4.39 Å². The molecule has 2 aromatic rings. The van der Waals surface area contributed by atoms with Crippen LogP contribution in [0.25, 0.3) is 0 Å². The Morgan fingerprint density at radius 1 is 1.43 bits per heavy atom. The molecular weight excluding hydrogens is 283 g/mol. The lowest BCUT2D eigenvalue weighted by molar-refractivity contribution is 0.582. The predicted octanol–water partition coefficient (Wildman–Crippen LogP) is 3.90. The van der Waals surface area contributed by atoms with Crippen molar-refractivity contribution in [1.82, 2.24) is 0 Å². The maximum Gasteiger partial charge on any atom is 0.128 e. The molecule has 4 heteroatoms. The number of nitrogens with zero attached hydrogens (tertiary/aromatic N) is 1. The standard InChI is InChI=1S/C17H21FN2S/c1-11(19)10-14-15(18)4-3-5-16(14)20-8-6-17-13(12(20)2)7-9-21-17/h3-5,7,9,11-12H,6,8,10,19H2,1-2H3. The summed E-state index contributed by atoms with van der Waals surface area (Å²) >= 11 is 1.82. The molecular formula is C17H21FN2S. The lowest BCUT2D eigenvalue weighted by Crippen LogP contribution is -2.34. The molecule has 1 aromatic heterocycles. The Hall–Kier alpha value is -1.39. The molecule has 0 bridgehead atoms. The van der Waals surface area contributed by atoms with E-state index < -0.39 is 0 Å². The van der Waals surface area contributed by atoms with E-state index in [2.05, 4.69) is 23.3 Å². The van der Waals surface area contributed by atoms with Crippen LogP contribution < -0.4 is 10.6 Å². The molecule has 21 heavy (non-hydrogen) atoms. The maximum absolute atomic E-state index is 14.2. The first-order chi connectivity index (χ1) is 10.1. The lowest BCUT2D eigenvalue weighted by atomic mass is 9.97. The van der Waals surface area contributed by atoms with Gasteiger partial charge >= 0.3 is 0 Å². The fraction of sp³-hybridized carbons (Fsp3) is 0.412. The van der Waals surface area contributed by atoms with E-state index in [0.29, 0.717) is 6.42 Å². The van der Waals surface area contributed by atoms with E-state index in [4.69, 9.17) is 5.73 Å². The van der Waals surface area contributed by atoms with Crippen LogP contribution in [-0.2, 0) is 12.8 Å². The van der Waals surface area contributed by atoms with Gasteiger partial charge in [-0.2, -0.15) is 0 Å². The van der Waals surface area contributed by atoms with Crippen LogP contribution in [0.1, 0.15) is 35.9 Å². The first-order valence-electron chi connectivity index (χ1n) is 7.43. The Morgan fingerprint density at radius 2 is 2.24 bits per heavy atom. The zero-order valence-corrected chi connectivity index (χ0v) is 13.3. The molecule has 0 saturated heterocycles. The van der Waals surface area contributed by atoms with Gasteiger partial charge in [0.05, 0.1) is 6.04 Å². The van der Waals surface area contributed by atoms with Crippen molar-refractivity contribution in [3.05, 3.63) is 51.5 Å². The normalized spacial score (nSPS) is 19.4. The molecule has 0 saturated carbocycles. The number of hydrogen-bond donors (Lipinski definition) is 1. The van der Waals surface area contributed by atoms with E-state index >= 15 is 0 Å². The van der Waals surface area contributed by atoms with Crippen molar-refractivity contribution in [1.29, 1.82) is 0 Å². The molecule has 0 radical (unpaired) electrons. The summed E-state index contributed by atoms with van der Waals surface area (Å²) in [6.45, 7) is 5.06. The van der Waals surface area contributed by atoms with Crippen LogP contribution in [0.4, 0.5) is 10.1 Å². The zero-order chi connectivity index (χ0) is 15.0. The van der Waals surface area contributed by atoms with Crippen molar-refractivity contribution >= 4 is 17.0 Å². The van der Waals surface area contributed by atoms with Gasteiger partial charge in [0, 0.05) is 28.7 Å². The van der Waals surface area contributed by atoms with E-state index in [1.807, 2.05) is 24.3 Å². The smallest absolute Gasteiger partial charge is 0.128 e. The molecule has 1 aliphatic rings. The highest BCUT2D eigenvalue weighted by molar-refractivity contribution is 7.10. The number of benzene rings is 1. The molecule has 2 nitrogen and oxygen atoms in total. The van der Waals surface area contributed by atoms with Crippen LogP contribution in [0.2, 0.25) is 0 Å². The molecule has 2 atom stereocenters. The number of thiophene rings is 1. The highest BCUT2D eigenvalue weighted by Crippen LogP contribution is 2.38. The molecule has 1 aromatic carbocycles. The Kier molecular flexibility index (Phi) is 4.00. The molecule has 3 rings (SSSR count). The van der Waals surface area contributed by atoms with Gasteiger partial charge in [0.2, 0.25) is 0 Å². The van der Waals surface area contributed by atoms with E-state index in [0.717, 1.165) is 24.2 Å². The number of halogens is 1. The summed E-state index contributed by atoms with van der Waals surface area (Å²) in [7, 11) is 0. The number of anilines is 1. The Bertz CT molecular complexity index is 635. The Labute approximate surface area is 129 Å². The number of nitrogens with two attached hydrogens (primary N) is 1. The number of hydrogen-bond acceptors (Lipinski definition) is 3. The van der Waals surface area contributed by atoms with Crippen LogP contribution in [0, 0.1) is 5.82 Å². The van der Waals surface area contributed by atoms with Gasteiger partial charge in [-0.3, -0.25) is 0 Å². The zero-order valence-electron chi connectivity index (χ0n) is 12.5. The average molecular weight is 304 g/mol. The van der Waals surface area contributed by atoms with Crippen molar-refractivity contribution in [2.45, 2.75) is 38.8 Å². The summed E-state index contributed by atoms with van der Waals surface area (Å²) in [6, 6.07) is 7.79. The van der Waals surface area contributed by atoms with E-state index in [1.165, 1.54) is 16.5 Å². The van der Waals surface area contributed by atoms with Gasteiger partial charge in [0.15, 0.2) is 0 Å². The fourth-order valence-corrected chi connectivity index (χ4v) is 4.14. The highest BCUT2D eigenvalue weighted by Gasteiger charge is 2.27. The summed E-state index contributed by atoms with van der Waals surface area (Å²) in [5, 5.41) is 2.15. The molecule has 0 fully saturated rings. The summed E-state index contributed by atoms with van der Waals surface area (Å²) in [5.41, 5.74) is 9.03. The van der Waals surface area contributed by atoms with Gasteiger partial charge in [0.25, 0.3) is 0 Å². The minimum absolute atomic E-state index is 0.0440. The van der Waals surface area contributed by atoms with Crippen molar-refractivity contribution in [2.75, 3.05) is 11.4 Å². The highest BCUT2D eigenvalue weighted by atomic mass is 32.1. The molecule has 2 heterocycles. The second kappa shape index (κ2) is 5.78. The molecule has 2 N–H and O–H groups in total. The first kappa shape index (κ1) is 14.5. The van der Waals surface area contributed by atoms with Gasteiger partial charge in [-0.15, -0.1) is 11.3 Å². The molecule has 0 spiro atoms. The number of fused-ring (bicyclic) bond motifs is 1. The minimum Gasteiger partial charge on any atom is -0.364 e. The monoisotopic (exact) mass is 304 g/mol. The second-order valence-corrected chi connectivity index (χ2v) is 6.84. The van der Waals surface area contributed by atoms with Crippen LogP contribution in [-0.4, -0.2) is 12.6 Å². The first-order valence-corrected chi connectivity index (χ1v) is 8.31. The SMILES string of the molecule is CC(N)Cc1c(F)cccc1N1CCc2sccc2C1C. The van der Waals surface area contributed by atoms with Crippen molar-refractivity contribution in [2.24, 2.45) is 5.73 Å². The van der Waals surface area contributed by atoms with Crippen LogP contribution in [0.3, 0.4) is 0 Å². The Balaban J connectivity index is 1.99. The van der Waals surface area contributed by atoms with Crippen LogP contribution >= 0.6 is 11.3 Å². The van der Waals surface area contributed by atoms with Crippen LogP contribution in [0.15, 0.2) is 29.6 Å². The minimum atomic E-state index is -0.145. The molecule has 2 unspecified atom stereocenters. The summed E-state index contributed by atoms with van der Waals surface area (Å²) in [6.07, 6.45) is 1.60. The van der Waals surface area contributed by atoms with Crippen LogP contribution in [0.5, 0.6) is 0 Å². The third kappa shape index (κ3) is 2.70. The summed E-state index contributed by atoms with van der Waals surface area (Å²) in [5.74, 6) is -0.145. The van der Waals surface area contributed by atoms with Crippen molar-refractivity contribution in [3.63, 3.8) is 0 Å². The van der Waals surface area contributed by atoms with Gasteiger partial charge in [-0.1, -0.05) is 6.07 Å². The van der Waals surface area contributed by atoms with E-state index in [-0.39, 0.29) is 17.9 Å². The Morgan fingerprint density at radius 3 is 3.00 bits per heavy atom. The quantitative estimate of drug-likeness (QED) is 0.932. The largest absolute Gasteiger partial charge is 0.364 e. The molecule has 112 valence electrons. The molecule has 1 aliphatic heterocycles. The fourth-order valence-electron chi connectivity index (χ4n) is 3.18. The van der Waals surface area contributed by atoms with E-state index in [1.54, 1.807) is 6.07 Å². The van der Waals surface area contributed by atoms with Gasteiger partial charge in [-0.05, 0) is 55.8 Å². The van der Waals surface area contributed by atoms with Crippen molar-refractivity contribution < 1.29 is 4.39 Å². The van der Waals surface area contributed by atoms with Crippen molar-refractivity contribution in [3.8, 4) is 0 Å². The topological polar surface area (TPSA) is 29.3 Å². The molecule has 0 aliphatic carbocycles. The van der Waals surface area contributed by atoms with Gasteiger partial charge < -0.3 is 10.6 Å². The maximum atomic E-state index is 14.2. The van der Waals surface area contributed by atoms with E-state index in [9.17, 15) is 4.39 Å². The average Bonchev–Trinajstić information content (AvgIpc) is 2.91.